The second-order valence-electron chi connectivity index (χ2n) is 4.86. The molecular weight excluding hydrogens is 288 g/mol. The van der Waals surface area contributed by atoms with Gasteiger partial charge < -0.3 is 14.6 Å². The standard InChI is InChI=1S/C14H14N4O4/c19-14-9-15-11(8-16-14)10-1-2-12(13(7-10)18(20)21)17-3-5-22-6-4-17/h1-2,7-9H,3-6H2,(H,16,19). The normalized spacial score (nSPS) is 14.8. The Labute approximate surface area is 125 Å². The lowest BCUT2D eigenvalue weighted by atomic mass is 10.1. The second-order valence-corrected chi connectivity index (χ2v) is 4.86. The first-order valence-corrected chi connectivity index (χ1v) is 6.81. The molecule has 2 heterocycles. The Kier molecular flexibility index (Phi) is 3.84. The number of aromatic amines is 1. The number of nitro benzene ring substituents is 1. The smallest absolute Gasteiger partial charge is 0.293 e. The van der Waals surface area contributed by atoms with E-state index in [1.807, 2.05) is 4.90 Å². The van der Waals surface area contributed by atoms with Gasteiger partial charge in [-0.15, -0.1) is 0 Å². The van der Waals surface area contributed by atoms with Crippen molar-refractivity contribution < 1.29 is 9.66 Å². The molecule has 0 spiro atoms. The van der Waals surface area contributed by atoms with E-state index in [-0.39, 0.29) is 11.2 Å². The van der Waals surface area contributed by atoms with Crippen LogP contribution in [-0.2, 0) is 4.74 Å². The van der Waals surface area contributed by atoms with Crippen LogP contribution >= 0.6 is 0 Å². The number of nitrogens with one attached hydrogen (secondary N) is 1. The summed E-state index contributed by atoms with van der Waals surface area (Å²) in [5.41, 5.74) is 1.34. The minimum atomic E-state index is -0.403. The largest absolute Gasteiger partial charge is 0.378 e. The van der Waals surface area contributed by atoms with Crippen molar-refractivity contribution in [3.63, 3.8) is 0 Å². The first-order chi connectivity index (χ1) is 10.6. The molecule has 1 aromatic carbocycles. The molecular formula is C14H14N4O4. The monoisotopic (exact) mass is 302 g/mol. The molecule has 0 saturated carbocycles. The molecule has 8 nitrogen and oxygen atoms in total. The molecule has 2 aromatic rings. The Bertz CT molecular complexity index is 732. The van der Waals surface area contributed by atoms with Crippen molar-refractivity contribution in [3.05, 3.63) is 51.1 Å². The van der Waals surface area contributed by atoms with Crippen molar-refractivity contribution in [1.82, 2.24) is 9.97 Å². The van der Waals surface area contributed by atoms with E-state index in [1.165, 1.54) is 12.3 Å². The van der Waals surface area contributed by atoms with Gasteiger partial charge in [-0.2, -0.15) is 0 Å². The molecule has 8 heteroatoms. The molecule has 1 N–H and O–H groups in total. The Balaban J connectivity index is 2.01. The van der Waals surface area contributed by atoms with Crippen LogP contribution in [0.4, 0.5) is 11.4 Å². The van der Waals surface area contributed by atoms with Crippen LogP contribution in [0.15, 0.2) is 35.4 Å². The van der Waals surface area contributed by atoms with Gasteiger partial charge in [-0.1, -0.05) is 6.07 Å². The van der Waals surface area contributed by atoms with Crippen LogP contribution in [0.25, 0.3) is 11.3 Å². The van der Waals surface area contributed by atoms with E-state index in [4.69, 9.17) is 4.74 Å². The SMILES string of the molecule is O=c1cnc(-c2ccc(N3CCOCC3)c([N+](=O)[O-])c2)c[nH]1. The van der Waals surface area contributed by atoms with Crippen LogP contribution in [0, 0.1) is 10.1 Å². The average Bonchev–Trinajstić information content (AvgIpc) is 2.56. The molecule has 1 aromatic heterocycles. The number of hydrogen-bond donors (Lipinski definition) is 1. The van der Waals surface area contributed by atoms with Gasteiger partial charge in [0.05, 0.1) is 30.0 Å². The Morgan fingerprint density at radius 1 is 1.32 bits per heavy atom. The molecule has 1 aliphatic rings. The number of hydrogen-bond acceptors (Lipinski definition) is 6. The van der Waals surface area contributed by atoms with Crippen molar-refractivity contribution >= 4 is 11.4 Å². The molecule has 1 aliphatic heterocycles. The fourth-order valence-electron chi connectivity index (χ4n) is 2.40. The zero-order valence-electron chi connectivity index (χ0n) is 11.7. The molecule has 0 atom stereocenters. The fourth-order valence-corrected chi connectivity index (χ4v) is 2.40. The van der Waals surface area contributed by atoms with Crippen LogP contribution in [0.5, 0.6) is 0 Å². The van der Waals surface area contributed by atoms with Crippen molar-refractivity contribution in [2.75, 3.05) is 31.2 Å². The Hall–Kier alpha value is -2.74. The van der Waals surface area contributed by atoms with Gasteiger partial charge in [0.2, 0.25) is 0 Å². The Morgan fingerprint density at radius 2 is 2.09 bits per heavy atom. The number of aromatic nitrogens is 2. The quantitative estimate of drug-likeness (QED) is 0.675. The van der Waals surface area contributed by atoms with E-state index in [9.17, 15) is 14.9 Å². The van der Waals surface area contributed by atoms with Crippen LogP contribution in [0.1, 0.15) is 0 Å². The highest BCUT2D eigenvalue weighted by atomic mass is 16.6. The minimum absolute atomic E-state index is 0.0207. The molecule has 0 aliphatic carbocycles. The summed E-state index contributed by atoms with van der Waals surface area (Å²) in [5.74, 6) is 0. The van der Waals surface area contributed by atoms with Crippen molar-refractivity contribution in [1.29, 1.82) is 0 Å². The number of H-pyrrole nitrogens is 1. The molecule has 0 bridgehead atoms. The average molecular weight is 302 g/mol. The topological polar surface area (TPSA) is 101 Å². The van der Waals surface area contributed by atoms with Gasteiger partial charge in [0.25, 0.3) is 11.2 Å². The first kappa shape index (κ1) is 14.2. The number of nitrogens with zero attached hydrogens (tertiary/aromatic N) is 3. The molecule has 114 valence electrons. The van der Waals surface area contributed by atoms with Gasteiger partial charge in [0, 0.05) is 30.9 Å². The van der Waals surface area contributed by atoms with E-state index in [0.717, 1.165) is 6.20 Å². The summed E-state index contributed by atoms with van der Waals surface area (Å²) in [5, 5.41) is 11.4. The number of rotatable bonds is 3. The lowest BCUT2D eigenvalue weighted by molar-refractivity contribution is -0.384. The van der Waals surface area contributed by atoms with Gasteiger partial charge in [-0.25, -0.2) is 4.98 Å². The summed E-state index contributed by atoms with van der Waals surface area (Å²) in [6, 6.07) is 4.95. The maximum Gasteiger partial charge on any atom is 0.293 e. The third-order valence-corrected chi connectivity index (χ3v) is 3.49. The van der Waals surface area contributed by atoms with E-state index >= 15 is 0 Å². The molecule has 1 saturated heterocycles. The third kappa shape index (κ3) is 2.82. The van der Waals surface area contributed by atoms with E-state index in [0.29, 0.717) is 43.2 Å². The summed E-state index contributed by atoms with van der Waals surface area (Å²) in [7, 11) is 0. The number of morpholine rings is 1. The third-order valence-electron chi connectivity index (χ3n) is 3.49. The summed E-state index contributed by atoms with van der Waals surface area (Å²) >= 11 is 0. The first-order valence-electron chi connectivity index (χ1n) is 6.81. The highest BCUT2D eigenvalue weighted by molar-refractivity contribution is 5.72. The van der Waals surface area contributed by atoms with Gasteiger partial charge in [-0.05, 0) is 6.07 Å². The van der Waals surface area contributed by atoms with Crippen LogP contribution in [0.2, 0.25) is 0 Å². The van der Waals surface area contributed by atoms with Crippen LogP contribution in [-0.4, -0.2) is 41.2 Å². The fraction of sp³-hybridized carbons (Fsp3) is 0.286. The molecule has 0 amide bonds. The highest BCUT2D eigenvalue weighted by Gasteiger charge is 2.22. The zero-order chi connectivity index (χ0) is 15.5. The summed E-state index contributed by atoms with van der Waals surface area (Å²) in [6.07, 6.45) is 2.59. The van der Waals surface area contributed by atoms with Gasteiger partial charge in [0.15, 0.2) is 0 Å². The number of nitro groups is 1. The predicted octanol–water partition coefficient (Wildman–Crippen LogP) is 1.18. The van der Waals surface area contributed by atoms with Crippen molar-refractivity contribution in [2.45, 2.75) is 0 Å². The zero-order valence-corrected chi connectivity index (χ0v) is 11.7. The summed E-state index contributed by atoms with van der Waals surface area (Å²) in [4.78, 5) is 30.5. The maximum absolute atomic E-state index is 11.4. The van der Waals surface area contributed by atoms with Crippen molar-refractivity contribution in [3.8, 4) is 11.3 Å². The predicted molar refractivity (Wildman–Crippen MR) is 80.0 cm³/mol. The number of benzene rings is 1. The van der Waals surface area contributed by atoms with Crippen LogP contribution in [0.3, 0.4) is 0 Å². The lowest BCUT2D eigenvalue weighted by Crippen LogP contribution is -2.36. The van der Waals surface area contributed by atoms with Gasteiger partial charge >= 0.3 is 0 Å². The van der Waals surface area contributed by atoms with Gasteiger partial charge in [-0.3, -0.25) is 14.9 Å². The number of anilines is 1. The van der Waals surface area contributed by atoms with Crippen molar-refractivity contribution in [2.24, 2.45) is 0 Å². The summed E-state index contributed by atoms with van der Waals surface area (Å²) < 4.78 is 5.27. The molecule has 1 fully saturated rings. The second kappa shape index (κ2) is 5.94. The molecule has 3 rings (SSSR count). The van der Waals surface area contributed by atoms with Crippen LogP contribution < -0.4 is 10.5 Å². The van der Waals surface area contributed by atoms with Gasteiger partial charge in [0.1, 0.15) is 5.69 Å². The highest BCUT2D eigenvalue weighted by Crippen LogP contribution is 2.32. The van der Waals surface area contributed by atoms with E-state index in [1.54, 1.807) is 12.1 Å². The Morgan fingerprint density at radius 3 is 2.73 bits per heavy atom. The molecule has 0 unspecified atom stereocenters. The molecule has 0 radical (unpaired) electrons. The molecule has 22 heavy (non-hydrogen) atoms. The number of ether oxygens (including phenoxy) is 1. The summed E-state index contributed by atoms with van der Waals surface area (Å²) in [6.45, 7) is 2.36. The maximum atomic E-state index is 11.4. The van der Waals surface area contributed by atoms with E-state index < -0.39 is 4.92 Å². The lowest BCUT2D eigenvalue weighted by Gasteiger charge is -2.28. The van der Waals surface area contributed by atoms with E-state index in [2.05, 4.69) is 9.97 Å². The minimum Gasteiger partial charge on any atom is -0.378 e.